The topological polar surface area (TPSA) is 33.4 Å². The normalized spacial score (nSPS) is 17.0. The Balaban J connectivity index is 1.66. The molecule has 0 bridgehead atoms. The number of rotatable bonds is 5. The first kappa shape index (κ1) is 17.1. The fourth-order valence-electron chi connectivity index (χ4n) is 3.91. The lowest BCUT2D eigenvalue weighted by Crippen LogP contribution is -2.32. The van der Waals surface area contributed by atoms with Gasteiger partial charge in [-0.1, -0.05) is 13.0 Å². The predicted octanol–water partition coefficient (Wildman–Crippen LogP) is 4.30. The van der Waals surface area contributed by atoms with Gasteiger partial charge in [-0.2, -0.15) is 4.39 Å². The summed E-state index contributed by atoms with van der Waals surface area (Å²) in [6.07, 6.45) is 7.66. The maximum Gasteiger partial charge on any atom is 0.199 e. The number of aromatic nitrogens is 3. The van der Waals surface area contributed by atoms with Crippen molar-refractivity contribution in [2.75, 3.05) is 6.54 Å². The summed E-state index contributed by atoms with van der Waals surface area (Å²) in [7, 11) is 0. The Hall–Kier alpha value is -2.34. The number of pyridine rings is 2. The van der Waals surface area contributed by atoms with E-state index in [-0.39, 0.29) is 11.7 Å². The Morgan fingerprint density at radius 1 is 1.27 bits per heavy atom. The van der Waals surface area contributed by atoms with E-state index >= 15 is 0 Å². The molecule has 0 saturated heterocycles. The molecule has 0 fully saturated rings. The SMILES string of the molecule is CCCN(Cc1cn2c(F)ccc(F)c2n1)C1CCCc2cccnc21. The summed E-state index contributed by atoms with van der Waals surface area (Å²) in [5.41, 5.74) is 3.15. The average molecular weight is 356 g/mol. The molecule has 3 heterocycles. The molecular formula is C20H22F2N4. The van der Waals surface area contributed by atoms with E-state index in [0.29, 0.717) is 12.2 Å². The molecule has 0 radical (unpaired) electrons. The van der Waals surface area contributed by atoms with Gasteiger partial charge in [-0.05, 0) is 56.0 Å². The van der Waals surface area contributed by atoms with Gasteiger partial charge in [0, 0.05) is 18.9 Å². The van der Waals surface area contributed by atoms with Crippen LogP contribution in [-0.4, -0.2) is 25.8 Å². The van der Waals surface area contributed by atoms with Crippen LogP contribution in [0.2, 0.25) is 0 Å². The molecule has 1 atom stereocenters. The van der Waals surface area contributed by atoms with Crippen LogP contribution in [0.5, 0.6) is 0 Å². The summed E-state index contributed by atoms with van der Waals surface area (Å²) in [6.45, 7) is 3.58. The molecule has 3 aromatic rings. The standard InChI is InChI=1S/C20H22F2N4/c1-2-11-25(17-7-3-5-14-6-4-10-23-19(14)17)12-15-13-26-18(22)9-8-16(21)20(26)24-15/h4,6,8-10,13,17H,2-3,5,7,11-12H2,1H3. The van der Waals surface area contributed by atoms with Crippen molar-refractivity contribution >= 4 is 5.65 Å². The van der Waals surface area contributed by atoms with E-state index in [9.17, 15) is 8.78 Å². The molecule has 1 aliphatic rings. The van der Waals surface area contributed by atoms with Gasteiger partial charge in [0.15, 0.2) is 17.4 Å². The fourth-order valence-corrected chi connectivity index (χ4v) is 3.91. The van der Waals surface area contributed by atoms with Crippen molar-refractivity contribution < 1.29 is 8.78 Å². The molecule has 136 valence electrons. The first-order valence-electron chi connectivity index (χ1n) is 9.17. The Kier molecular flexibility index (Phi) is 4.68. The smallest absolute Gasteiger partial charge is 0.199 e. The molecule has 0 aliphatic heterocycles. The molecule has 0 amide bonds. The van der Waals surface area contributed by atoms with Crippen LogP contribution in [0.1, 0.15) is 49.2 Å². The van der Waals surface area contributed by atoms with Crippen molar-refractivity contribution in [3.8, 4) is 0 Å². The molecule has 4 nitrogen and oxygen atoms in total. The predicted molar refractivity (Wildman–Crippen MR) is 95.7 cm³/mol. The largest absolute Gasteiger partial charge is 0.289 e. The van der Waals surface area contributed by atoms with E-state index in [2.05, 4.69) is 27.9 Å². The van der Waals surface area contributed by atoms with Gasteiger partial charge in [0.2, 0.25) is 0 Å². The van der Waals surface area contributed by atoms with Crippen molar-refractivity contribution in [3.63, 3.8) is 0 Å². The Labute approximate surface area is 151 Å². The van der Waals surface area contributed by atoms with Crippen LogP contribution in [0.3, 0.4) is 0 Å². The minimum atomic E-state index is -0.510. The van der Waals surface area contributed by atoms with E-state index in [1.54, 1.807) is 6.20 Å². The number of halogens is 2. The van der Waals surface area contributed by atoms with Crippen LogP contribution in [0.4, 0.5) is 8.78 Å². The number of aryl methyl sites for hydroxylation is 1. The second-order valence-electron chi connectivity index (χ2n) is 6.86. The lowest BCUT2D eigenvalue weighted by molar-refractivity contribution is 0.164. The molecule has 4 rings (SSSR count). The Morgan fingerprint density at radius 3 is 2.96 bits per heavy atom. The van der Waals surface area contributed by atoms with Crippen molar-refractivity contribution in [2.45, 2.75) is 45.2 Å². The van der Waals surface area contributed by atoms with Gasteiger partial charge < -0.3 is 0 Å². The Bertz CT molecular complexity index is 882. The molecule has 0 spiro atoms. The number of imidazole rings is 1. The zero-order valence-corrected chi connectivity index (χ0v) is 14.8. The van der Waals surface area contributed by atoms with Crippen LogP contribution in [0.25, 0.3) is 5.65 Å². The van der Waals surface area contributed by atoms with Gasteiger partial charge >= 0.3 is 0 Å². The lowest BCUT2D eigenvalue weighted by atomic mass is 9.90. The van der Waals surface area contributed by atoms with Crippen LogP contribution >= 0.6 is 0 Å². The van der Waals surface area contributed by atoms with E-state index in [4.69, 9.17) is 0 Å². The highest BCUT2D eigenvalue weighted by molar-refractivity contribution is 5.41. The third-order valence-electron chi connectivity index (χ3n) is 5.05. The molecule has 0 N–H and O–H groups in total. The van der Waals surface area contributed by atoms with Gasteiger partial charge in [-0.3, -0.25) is 14.3 Å². The summed E-state index contributed by atoms with van der Waals surface area (Å²) in [6, 6.07) is 6.60. The lowest BCUT2D eigenvalue weighted by Gasteiger charge is -2.34. The average Bonchev–Trinajstić information content (AvgIpc) is 3.09. The van der Waals surface area contributed by atoms with Crippen LogP contribution in [0, 0.1) is 11.8 Å². The summed E-state index contributed by atoms with van der Waals surface area (Å²) >= 11 is 0. The van der Waals surface area contributed by atoms with E-state index in [0.717, 1.165) is 50.1 Å². The second kappa shape index (κ2) is 7.11. The van der Waals surface area contributed by atoms with Crippen LogP contribution < -0.4 is 0 Å². The maximum absolute atomic E-state index is 13.9. The third-order valence-corrected chi connectivity index (χ3v) is 5.05. The van der Waals surface area contributed by atoms with Gasteiger partial charge in [0.25, 0.3) is 0 Å². The maximum atomic E-state index is 13.9. The first-order chi connectivity index (χ1) is 12.7. The third kappa shape index (κ3) is 3.09. The quantitative estimate of drug-likeness (QED) is 0.639. The highest BCUT2D eigenvalue weighted by atomic mass is 19.1. The fraction of sp³-hybridized carbons (Fsp3) is 0.400. The van der Waals surface area contributed by atoms with Gasteiger partial charge in [0.1, 0.15) is 0 Å². The second-order valence-corrected chi connectivity index (χ2v) is 6.86. The van der Waals surface area contributed by atoms with Crippen LogP contribution in [0.15, 0.2) is 36.7 Å². The van der Waals surface area contributed by atoms with Crippen molar-refractivity contribution in [1.29, 1.82) is 0 Å². The van der Waals surface area contributed by atoms with E-state index in [1.807, 2.05) is 12.3 Å². The monoisotopic (exact) mass is 356 g/mol. The summed E-state index contributed by atoms with van der Waals surface area (Å²) in [5.74, 6) is -1.02. The molecule has 1 aliphatic carbocycles. The molecule has 6 heteroatoms. The highest BCUT2D eigenvalue weighted by Crippen LogP contribution is 2.33. The van der Waals surface area contributed by atoms with Crippen molar-refractivity contribution in [2.24, 2.45) is 0 Å². The number of hydrogen-bond donors (Lipinski definition) is 0. The number of hydrogen-bond acceptors (Lipinski definition) is 3. The molecular weight excluding hydrogens is 334 g/mol. The molecule has 26 heavy (non-hydrogen) atoms. The van der Waals surface area contributed by atoms with Crippen LogP contribution in [-0.2, 0) is 13.0 Å². The first-order valence-corrected chi connectivity index (χ1v) is 9.17. The molecule has 0 aromatic carbocycles. The van der Waals surface area contributed by atoms with Gasteiger partial charge in [-0.25, -0.2) is 9.37 Å². The van der Waals surface area contributed by atoms with Crippen molar-refractivity contribution in [3.05, 3.63) is 65.4 Å². The summed E-state index contributed by atoms with van der Waals surface area (Å²) < 4.78 is 29.1. The molecule has 3 aromatic heterocycles. The molecule has 0 saturated carbocycles. The zero-order chi connectivity index (χ0) is 18.1. The minimum Gasteiger partial charge on any atom is -0.289 e. The van der Waals surface area contributed by atoms with Gasteiger partial charge in [0.05, 0.1) is 17.4 Å². The zero-order valence-electron chi connectivity index (χ0n) is 14.8. The van der Waals surface area contributed by atoms with Gasteiger partial charge in [-0.15, -0.1) is 0 Å². The molecule has 1 unspecified atom stereocenters. The summed E-state index contributed by atoms with van der Waals surface area (Å²) in [4.78, 5) is 11.3. The Morgan fingerprint density at radius 2 is 2.15 bits per heavy atom. The van der Waals surface area contributed by atoms with E-state index in [1.165, 1.54) is 9.96 Å². The minimum absolute atomic E-state index is 0.0404. The number of fused-ring (bicyclic) bond motifs is 2. The van der Waals surface area contributed by atoms with E-state index < -0.39 is 11.8 Å². The summed E-state index contributed by atoms with van der Waals surface area (Å²) in [5, 5.41) is 0. The highest BCUT2D eigenvalue weighted by Gasteiger charge is 2.27. The van der Waals surface area contributed by atoms with Crippen molar-refractivity contribution in [1.82, 2.24) is 19.3 Å². The number of nitrogens with zero attached hydrogens (tertiary/aromatic N) is 4.